The summed E-state index contributed by atoms with van der Waals surface area (Å²) in [5.41, 5.74) is 2.04. The predicted molar refractivity (Wildman–Crippen MR) is 119 cm³/mol. The van der Waals surface area contributed by atoms with E-state index in [9.17, 15) is 9.59 Å². The van der Waals surface area contributed by atoms with Gasteiger partial charge in [0.05, 0.1) is 4.87 Å². The van der Waals surface area contributed by atoms with Crippen molar-refractivity contribution in [2.45, 2.75) is 69.6 Å². The van der Waals surface area contributed by atoms with Gasteiger partial charge in [-0.05, 0) is 49.3 Å². The maximum absolute atomic E-state index is 13.0. The van der Waals surface area contributed by atoms with E-state index in [-0.39, 0.29) is 10.8 Å². The third-order valence-corrected chi connectivity index (χ3v) is 8.71. The first kappa shape index (κ1) is 20.8. The van der Waals surface area contributed by atoms with Crippen LogP contribution in [0.1, 0.15) is 74.2 Å². The van der Waals surface area contributed by atoms with Crippen molar-refractivity contribution in [3.63, 3.8) is 0 Å². The maximum Gasteiger partial charge on any atom is 0.253 e. The van der Waals surface area contributed by atoms with Crippen LogP contribution in [0, 0.1) is 5.92 Å². The normalized spacial score (nSPS) is 21.8. The molecule has 158 valence electrons. The van der Waals surface area contributed by atoms with Crippen molar-refractivity contribution in [2.24, 2.45) is 5.92 Å². The van der Waals surface area contributed by atoms with Crippen LogP contribution in [0.5, 0.6) is 0 Å². The molecule has 1 aromatic rings. The number of aryl methyl sites for hydroxylation is 1. The average molecular weight is 415 g/mol. The molecule has 0 bridgehead atoms. The lowest BCUT2D eigenvalue weighted by atomic mass is 9.98. The van der Waals surface area contributed by atoms with E-state index in [1.807, 2.05) is 28.8 Å². The highest BCUT2D eigenvalue weighted by Crippen LogP contribution is 2.44. The quantitative estimate of drug-likeness (QED) is 0.699. The fourth-order valence-corrected chi connectivity index (χ4v) is 6.74. The molecule has 0 N–H and O–H groups in total. The minimum absolute atomic E-state index is 0.0738. The van der Waals surface area contributed by atoms with Gasteiger partial charge in [0.2, 0.25) is 5.91 Å². The molecule has 2 heterocycles. The van der Waals surface area contributed by atoms with Crippen molar-refractivity contribution in [1.29, 1.82) is 0 Å². The van der Waals surface area contributed by atoms with E-state index in [1.54, 1.807) is 0 Å². The minimum Gasteiger partial charge on any atom is -0.338 e. The van der Waals surface area contributed by atoms with E-state index < -0.39 is 0 Å². The second-order valence-corrected chi connectivity index (χ2v) is 10.3. The lowest BCUT2D eigenvalue weighted by Gasteiger charge is -2.44. The molecule has 4 nitrogen and oxygen atoms in total. The summed E-state index contributed by atoms with van der Waals surface area (Å²) < 4.78 is 0. The molecule has 3 fully saturated rings. The molecule has 5 heteroatoms. The molecule has 4 rings (SSSR count). The van der Waals surface area contributed by atoms with Crippen molar-refractivity contribution < 1.29 is 9.59 Å². The molecule has 0 aromatic heterocycles. The number of benzene rings is 1. The first-order valence-electron chi connectivity index (χ1n) is 11.4. The molecule has 2 amide bonds. The predicted octanol–water partition coefficient (Wildman–Crippen LogP) is 4.73. The van der Waals surface area contributed by atoms with Gasteiger partial charge >= 0.3 is 0 Å². The molecule has 2 saturated heterocycles. The summed E-state index contributed by atoms with van der Waals surface area (Å²) in [4.78, 5) is 30.0. The summed E-state index contributed by atoms with van der Waals surface area (Å²) in [7, 11) is 0. The van der Waals surface area contributed by atoms with Gasteiger partial charge in [-0.25, -0.2) is 0 Å². The first-order chi connectivity index (χ1) is 14.1. The molecule has 0 atom stereocenters. The maximum atomic E-state index is 13.0. The van der Waals surface area contributed by atoms with Gasteiger partial charge in [-0.2, -0.15) is 0 Å². The summed E-state index contributed by atoms with van der Waals surface area (Å²) >= 11 is 1.94. The molecule has 1 aliphatic carbocycles. The number of hydrogen-bond donors (Lipinski definition) is 0. The highest BCUT2D eigenvalue weighted by atomic mass is 32.2. The zero-order valence-electron chi connectivity index (χ0n) is 17.7. The Labute approximate surface area is 179 Å². The lowest BCUT2D eigenvalue weighted by molar-refractivity contribution is -0.135. The van der Waals surface area contributed by atoms with Crippen LogP contribution in [0.3, 0.4) is 0 Å². The first-order valence-corrected chi connectivity index (χ1v) is 12.4. The molecule has 0 radical (unpaired) electrons. The van der Waals surface area contributed by atoms with E-state index in [1.165, 1.54) is 31.2 Å². The smallest absolute Gasteiger partial charge is 0.253 e. The SMILES string of the molecule is CCc1ccc(C(=O)N2CCC3(CC2)SCCN3C(=O)CCC2CCCC2)cc1. The summed E-state index contributed by atoms with van der Waals surface area (Å²) in [5.74, 6) is 2.27. The summed E-state index contributed by atoms with van der Waals surface area (Å²) in [5, 5.41) is 0. The number of carbonyl (C=O) groups excluding carboxylic acids is 2. The molecule has 29 heavy (non-hydrogen) atoms. The zero-order valence-corrected chi connectivity index (χ0v) is 18.5. The fourth-order valence-electron chi connectivity index (χ4n) is 5.26. The number of piperidine rings is 1. The van der Waals surface area contributed by atoms with Crippen LogP contribution < -0.4 is 0 Å². The number of amides is 2. The van der Waals surface area contributed by atoms with Gasteiger partial charge in [-0.3, -0.25) is 9.59 Å². The van der Waals surface area contributed by atoms with E-state index in [0.29, 0.717) is 12.3 Å². The van der Waals surface area contributed by atoms with Gasteiger partial charge in [0.15, 0.2) is 0 Å². The van der Waals surface area contributed by atoms with Gasteiger partial charge in [-0.1, -0.05) is 44.7 Å². The number of likely N-dealkylation sites (tertiary alicyclic amines) is 1. The van der Waals surface area contributed by atoms with Crippen LogP contribution in [-0.2, 0) is 11.2 Å². The van der Waals surface area contributed by atoms with Crippen LogP contribution in [0.2, 0.25) is 0 Å². The Bertz CT molecular complexity index is 719. The Morgan fingerprint density at radius 3 is 2.41 bits per heavy atom. The van der Waals surface area contributed by atoms with E-state index in [4.69, 9.17) is 0 Å². The van der Waals surface area contributed by atoms with Crippen LogP contribution in [0.4, 0.5) is 0 Å². The second-order valence-electron chi connectivity index (χ2n) is 8.87. The molecule has 3 aliphatic rings. The van der Waals surface area contributed by atoms with E-state index in [2.05, 4.69) is 24.0 Å². The molecule has 2 aliphatic heterocycles. The number of hydrogen-bond acceptors (Lipinski definition) is 3. The van der Waals surface area contributed by atoms with Crippen molar-refractivity contribution in [2.75, 3.05) is 25.4 Å². The fraction of sp³-hybridized carbons (Fsp3) is 0.667. The molecule has 1 spiro atoms. The Kier molecular flexibility index (Phi) is 6.53. The van der Waals surface area contributed by atoms with Crippen molar-refractivity contribution in [1.82, 2.24) is 9.80 Å². The van der Waals surface area contributed by atoms with Gasteiger partial charge in [-0.15, -0.1) is 11.8 Å². The summed E-state index contributed by atoms with van der Waals surface area (Å²) in [6.45, 7) is 4.49. The molecule has 1 aromatic carbocycles. The average Bonchev–Trinajstić information content (AvgIpc) is 3.42. The third-order valence-electron chi connectivity index (χ3n) is 7.16. The number of rotatable bonds is 5. The number of thioether (sulfide) groups is 1. The Morgan fingerprint density at radius 2 is 1.76 bits per heavy atom. The largest absolute Gasteiger partial charge is 0.338 e. The molecule has 1 saturated carbocycles. The number of carbonyl (C=O) groups is 2. The van der Waals surface area contributed by atoms with Crippen LogP contribution in [0.25, 0.3) is 0 Å². The van der Waals surface area contributed by atoms with Gasteiger partial charge in [0, 0.05) is 37.4 Å². The molecule has 0 unspecified atom stereocenters. The zero-order chi connectivity index (χ0) is 20.3. The van der Waals surface area contributed by atoms with Crippen molar-refractivity contribution in [3.05, 3.63) is 35.4 Å². The van der Waals surface area contributed by atoms with Crippen molar-refractivity contribution >= 4 is 23.6 Å². The monoisotopic (exact) mass is 414 g/mol. The van der Waals surface area contributed by atoms with Gasteiger partial charge in [0.1, 0.15) is 0 Å². The van der Waals surface area contributed by atoms with Crippen LogP contribution >= 0.6 is 11.8 Å². The molecular weight excluding hydrogens is 380 g/mol. The highest BCUT2D eigenvalue weighted by Gasteiger charge is 2.46. The van der Waals surface area contributed by atoms with E-state index >= 15 is 0 Å². The third kappa shape index (κ3) is 4.50. The lowest BCUT2D eigenvalue weighted by Crippen LogP contribution is -2.53. The Hall–Kier alpha value is -1.49. The Morgan fingerprint density at radius 1 is 1.07 bits per heavy atom. The summed E-state index contributed by atoms with van der Waals surface area (Å²) in [6, 6.07) is 8.01. The van der Waals surface area contributed by atoms with E-state index in [0.717, 1.165) is 62.6 Å². The molecular formula is C24H34N2O2S. The van der Waals surface area contributed by atoms with Crippen molar-refractivity contribution in [3.8, 4) is 0 Å². The standard InChI is InChI=1S/C24H34N2O2S/c1-2-19-7-10-21(11-8-19)23(28)25-15-13-24(14-16-25)26(17-18-29-24)22(27)12-9-20-5-3-4-6-20/h7-8,10-11,20H,2-6,9,12-18H2,1H3. The second kappa shape index (κ2) is 9.11. The minimum atomic E-state index is -0.0738. The Balaban J connectivity index is 1.33. The van der Waals surface area contributed by atoms with Gasteiger partial charge < -0.3 is 9.80 Å². The van der Waals surface area contributed by atoms with Crippen LogP contribution in [0.15, 0.2) is 24.3 Å². The van der Waals surface area contributed by atoms with Gasteiger partial charge in [0.25, 0.3) is 5.91 Å². The number of nitrogens with zero attached hydrogens (tertiary/aromatic N) is 2. The summed E-state index contributed by atoms with van der Waals surface area (Å²) in [6.07, 6.45) is 9.85. The van der Waals surface area contributed by atoms with Crippen LogP contribution in [-0.4, -0.2) is 51.9 Å². The highest BCUT2D eigenvalue weighted by molar-refractivity contribution is 8.00. The topological polar surface area (TPSA) is 40.6 Å².